The summed E-state index contributed by atoms with van der Waals surface area (Å²) in [5.41, 5.74) is -1.73. The Labute approximate surface area is 125 Å². The van der Waals surface area contributed by atoms with Crippen molar-refractivity contribution in [2.45, 2.75) is 13.8 Å². The number of halogens is 1. The lowest BCUT2D eigenvalue weighted by molar-refractivity contribution is -0.160. The van der Waals surface area contributed by atoms with Gasteiger partial charge in [-0.1, -0.05) is 0 Å². The molecule has 2 aromatic rings. The van der Waals surface area contributed by atoms with Crippen LogP contribution in [-0.2, 0) is 9.59 Å². The number of carbonyl (C=O) groups is 2. The molecule has 0 fully saturated rings. The fraction of sp³-hybridized carbons (Fsp3) is 0.267. The molecule has 2 rings (SSSR count). The van der Waals surface area contributed by atoms with Crippen LogP contribution >= 0.6 is 0 Å². The largest absolute Gasteiger partial charge is 0.481 e. The average molecular weight is 307 g/mol. The number of pyridine rings is 1. The van der Waals surface area contributed by atoms with E-state index in [2.05, 4.69) is 4.98 Å². The number of hydrogen-bond acceptors (Lipinski definition) is 5. The highest BCUT2D eigenvalue weighted by Gasteiger charge is 2.39. The van der Waals surface area contributed by atoms with Gasteiger partial charge in [-0.15, -0.1) is 0 Å². The van der Waals surface area contributed by atoms with E-state index in [4.69, 9.17) is 14.6 Å². The van der Waals surface area contributed by atoms with Crippen molar-refractivity contribution in [3.05, 3.63) is 30.1 Å². The summed E-state index contributed by atoms with van der Waals surface area (Å²) in [5.74, 6) is -3.48. The van der Waals surface area contributed by atoms with Gasteiger partial charge in [0, 0.05) is 11.5 Å². The van der Waals surface area contributed by atoms with Crippen molar-refractivity contribution in [1.82, 2.24) is 4.98 Å². The number of ether oxygens (including phenoxy) is 2. The number of fused-ring (bicyclic) bond motifs is 1. The first-order chi connectivity index (χ1) is 10.3. The zero-order valence-corrected chi connectivity index (χ0v) is 12.2. The van der Waals surface area contributed by atoms with Crippen LogP contribution in [-0.4, -0.2) is 29.1 Å². The van der Waals surface area contributed by atoms with Gasteiger partial charge in [0.2, 0.25) is 5.88 Å². The lowest BCUT2D eigenvalue weighted by Gasteiger charge is -2.18. The molecule has 0 radical (unpaired) electrons. The summed E-state index contributed by atoms with van der Waals surface area (Å²) in [6.45, 7) is 2.35. The molecule has 0 aliphatic heterocycles. The van der Waals surface area contributed by atoms with Gasteiger partial charge >= 0.3 is 11.9 Å². The molecule has 116 valence electrons. The second-order valence-electron chi connectivity index (χ2n) is 5.12. The van der Waals surface area contributed by atoms with Gasteiger partial charge in [0.15, 0.2) is 17.0 Å². The minimum absolute atomic E-state index is 0.0777. The smallest absolute Gasteiger partial charge is 0.328 e. The average Bonchev–Trinajstić information content (AvgIpc) is 2.49. The van der Waals surface area contributed by atoms with Crippen LogP contribution in [0, 0.1) is 11.2 Å². The van der Waals surface area contributed by atoms with Gasteiger partial charge in [0.25, 0.3) is 0 Å². The molecule has 0 aliphatic carbocycles. The van der Waals surface area contributed by atoms with Gasteiger partial charge in [-0.2, -0.15) is 0 Å². The van der Waals surface area contributed by atoms with Crippen LogP contribution < -0.4 is 9.47 Å². The van der Waals surface area contributed by atoms with E-state index in [-0.39, 0.29) is 11.4 Å². The molecule has 1 aromatic heterocycles. The maximum atomic E-state index is 14.0. The van der Waals surface area contributed by atoms with E-state index >= 15 is 0 Å². The normalized spacial score (nSPS) is 11.3. The number of aromatic nitrogens is 1. The summed E-state index contributed by atoms with van der Waals surface area (Å²) in [6.07, 6.45) is 0. The number of carbonyl (C=O) groups excluding carboxylic acids is 1. The van der Waals surface area contributed by atoms with E-state index < -0.39 is 28.9 Å². The Morgan fingerprint density at radius 1 is 1.23 bits per heavy atom. The van der Waals surface area contributed by atoms with Gasteiger partial charge in [0.05, 0.1) is 7.11 Å². The van der Waals surface area contributed by atoms with Crippen LogP contribution in [0.15, 0.2) is 24.3 Å². The standard InChI is InChI=1S/C15H14FNO5/c1-15(2,13(18)19)14(20)22-12-9(16)6-4-8-5-7-10(21-3)17-11(8)12/h4-7H,1-3H3,(H,18,19). The van der Waals surface area contributed by atoms with Crippen LogP contribution in [0.1, 0.15) is 13.8 Å². The van der Waals surface area contributed by atoms with E-state index in [0.717, 1.165) is 6.07 Å². The highest BCUT2D eigenvalue weighted by atomic mass is 19.1. The number of aliphatic carboxylic acids is 1. The van der Waals surface area contributed by atoms with Crippen molar-refractivity contribution < 1.29 is 28.6 Å². The highest BCUT2D eigenvalue weighted by Crippen LogP contribution is 2.31. The summed E-state index contributed by atoms with van der Waals surface area (Å²) in [4.78, 5) is 27.1. The summed E-state index contributed by atoms with van der Waals surface area (Å²) in [7, 11) is 1.40. The number of benzene rings is 1. The third-order valence-electron chi connectivity index (χ3n) is 3.19. The Balaban J connectivity index is 2.52. The number of nitrogens with zero attached hydrogens (tertiary/aromatic N) is 1. The molecular weight excluding hydrogens is 293 g/mol. The van der Waals surface area contributed by atoms with Crippen LogP contribution in [0.25, 0.3) is 10.9 Å². The first-order valence-electron chi connectivity index (χ1n) is 6.36. The molecule has 0 saturated heterocycles. The van der Waals surface area contributed by atoms with E-state index in [1.165, 1.54) is 27.0 Å². The zero-order valence-electron chi connectivity index (χ0n) is 12.2. The van der Waals surface area contributed by atoms with Gasteiger partial charge < -0.3 is 14.6 Å². The maximum Gasteiger partial charge on any atom is 0.328 e. The lowest BCUT2D eigenvalue weighted by atomic mass is 9.94. The van der Waals surface area contributed by atoms with Crippen molar-refractivity contribution in [1.29, 1.82) is 0 Å². The quantitative estimate of drug-likeness (QED) is 0.530. The molecule has 0 unspecified atom stereocenters. The van der Waals surface area contributed by atoms with Crippen LogP contribution in [0.4, 0.5) is 4.39 Å². The molecular formula is C15H14FNO5. The Bertz CT molecular complexity index is 757. The molecule has 6 nitrogen and oxygen atoms in total. The van der Waals surface area contributed by atoms with E-state index in [9.17, 15) is 14.0 Å². The maximum absolute atomic E-state index is 14.0. The second kappa shape index (κ2) is 5.59. The molecule has 1 N–H and O–H groups in total. The SMILES string of the molecule is COc1ccc2ccc(F)c(OC(=O)C(C)(C)C(=O)O)c2n1. The minimum Gasteiger partial charge on any atom is -0.481 e. The predicted molar refractivity (Wildman–Crippen MR) is 75.3 cm³/mol. The number of carboxylic acids is 1. The summed E-state index contributed by atoms with van der Waals surface area (Å²) < 4.78 is 23.9. The van der Waals surface area contributed by atoms with Gasteiger partial charge in [-0.3, -0.25) is 9.59 Å². The summed E-state index contributed by atoms with van der Waals surface area (Å²) in [6, 6.07) is 5.79. The Morgan fingerprint density at radius 2 is 1.86 bits per heavy atom. The fourth-order valence-electron chi connectivity index (χ4n) is 1.64. The number of carboxylic acid groups (broad SMARTS) is 1. The Hall–Kier alpha value is -2.70. The van der Waals surface area contributed by atoms with Crippen LogP contribution in [0.3, 0.4) is 0 Å². The Kier molecular flexibility index (Phi) is 3.99. The van der Waals surface area contributed by atoms with Crippen molar-refractivity contribution >= 4 is 22.8 Å². The highest BCUT2D eigenvalue weighted by molar-refractivity contribution is 6.00. The van der Waals surface area contributed by atoms with Gasteiger partial charge in [-0.05, 0) is 32.0 Å². The third-order valence-corrected chi connectivity index (χ3v) is 3.19. The minimum atomic E-state index is -1.81. The molecule has 0 saturated carbocycles. The molecule has 0 spiro atoms. The van der Waals surface area contributed by atoms with E-state index in [1.807, 2.05) is 0 Å². The zero-order chi connectivity index (χ0) is 16.5. The van der Waals surface area contributed by atoms with Gasteiger partial charge in [0.1, 0.15) is 5.52 Å². The first-order valence-corrected chi connectivity index (χ1v) is 6.36. The molecule has 0 bridgehead atoms. The van der Waals surface area contributed by atoms with Crippen molar-refractivity contribution in [2.24, 2.45) is 5.41 Å². The molecule has 0 aliphatic rings. The number of rotatable bonds is 4. The summed E-state index contributed by atoms with van der Waals surface area (Å²) in [5, 5.41) is 9.55. The molecule has 0 atom stereocenters. The van der Waals surface area contributed by atoms with E-state index in [0.29, 0.717) is 5.39 Å². The number of esters is 1. The molecule has 1 heterocycles. The molecule has 7 heteroatoms. The predicted octanol–water partition coefficient (Wildman–Crippen LogP) is 2.40. The first kappa shape index (κ1) is 15.7. The van der Waals surface area contributed by atoms with Crippen LogP contribution in [0.5, 0.6) is 11.6 Å². The lowest BCUT2D eigenvalue weighted by Crippen LogP contribution is -2.36. The second-order valence-corrected chi connectivity index (χ2v) is 5.12. The monoisotopic (exact) mass is 307 g/mol. The Morgan fingerprint density at radius 3 is 2.45 bits per heavy atom. The fourth-order valence-corrected chi connectivity index (χ4v) is 1.64. The molecule has 1 aromatic carbocycles. The van der Waals surface area contributed by atoms with Crippen molar-refractivity contribution in [2.75, 3.05) is 7.11 Å². The van der Waals surface area contributed by atoms with E-state index in [1.54, 1.807) is 12.1 Å². The molecule has 22 heavy (non-hydrogen) atoms. The summed E-state index contributed by atoms with van der Waals surface area (Å²) >= 11 is 0. The molecule has 0 amide bonds. The van der Waals surface area contributed by atoms with Crippen molar-refractivity contribution in [3.63, 3.8) is 0 Å². The van der Waals surface area contributed by atoms with Gasteiger partial charge in [-0.25, -0.2) is 9.37 Å². The third kappa shape index (κ3) is 2.69. The number of methoxy groups -OCH3 is 1. The van der Waals surface area contributed by atoms with Crippen molar-refractivity contribution in [3.8, 4) is 11.6 Å². The number of hydrogen-bond donors (Lipinski definition) is 1. The van der Waals surface area contributed by atoms with Crippen LogP contribution in [0.2, 0.25) is 0 Å². The topological polar surface area (TPSA) is 85.7 Å².